The van der Waals surface area contributed by atoms with Crippen molar-refractivity contribution < 1.29 is 4.79 Å². The molecule has 9 nitrogen and oxygen atoms in total. The minimum absolute atomic E-state index is 0.0574. The van der Waals surface area contributed by atoms with Crippen LogP contribution in [-0.4, -0.2) is 53.0 Å². The SMILES string of the molecule is C=CC(=O)N1CCCC(Nc2ccnc(N)c2C(N)=NC(C=NC2CC2)=CN)C1. The first-order valence-electron chi connectivity index (χ1n) is 9.73. The van der Waals surface area contributed by atoms with Gasteiger partial charge in [0, 0.05) is 37.7 Å². The van der Waals surface area contributed by atoms with Gasteiger partial charge in [-0.15, -0.1) is 0 Å². The van der Waals surface area contributed by atoms with Gasteiger partial charge in [-0.05, 0) is 37.8 Å². The number of carbonyl (C=O) groups excluding carboxylic acids is 1. The van der Waals surface area contributed by atoms with Crippen molar-refractivity contribution >= 4 is 29.5 Å². The number of allylic oxidation sites excluding steroid dienone is 1. The highest BCUT2D eigenvalue weighted by molar-refractivity contribution is 6.07. The molecule has 2 aliphatic rings. The topological polar surface area (TPSA) is 148 Å². The molecule has 1 aliphatic heterocycles. The zero-order valence-corrected chi connectivity index (χ0v) is 16.4. The number of nitrogens with one attached hydrogen (secondary N) is 1. The Balaban J connectivity index is 1.80. The predicted octanol–water partition coefficient (Wildman–Crippen LogP) is 0.991. The lowest BCUT2D eigenvalue weighted by atomic mass is 10.0. The number of nitrogens with zero attached hydrogens (tertiary/aromatic N) is 4. The number of hydrogen-bond acceptors (Lipinski definition) is 7. The van der Waals surface area contributed by atoms with Crippen LogP contribution in [0.4, 0.5) is 11.5 Å². The highest BCUT2D eigenvalue weighted by Crippen LogP contribution is 2.25. The maximum atomic E-state index is 11.9. The number of rotatable bonds is 7. The molecule has 0 bridgehead atoms. The lowest BCUT2D eigenvalue weighted by Crippen LogP contribution is -2.44. The molecule has 3 rings (SSSR count). The van der Waals surface area contributed by atoms with Gasteiger partial charge in [0.2, 0.25) is 5.91 Å². The van der Waals surface area contributed by atoms with Crippen molar-refractivity contribution in [2.45, 2.75) is 37.8 Å². The van der Waals surface area contributed by atoms with Gasteiger partial charge in [-0.2, -0.15) is 0 Å². The van der Waals surface area contributed by atoms with Crippen LogP contribution >= 0.6 is 0 Å². The number of hydrogen-bond donors (Lipinski definition) is 4. The number of aliphatic imine (C=N–C) groups is 2. The molecule has 0 spiro atoms. The molecule has 9 heteroatoms. The summed E-state index contributed by atoms with van der Waals surface area (Å²) in [6, 6.07) is 2.21. The van der Waals surface area contributed by atoms with Crippen LogP contribution in [0.3, 0.4) is 0 Å². The number of likely N-dealkylation sites (tertiary alicyclic amines) is 1. The van der Waals surface area contributed by atoms with Crippen LogP contribution in [0.25, 0.3) is 0 Å². The van der Waals surface area contributed by atoms with E-state index in [1.807, 2.05) is 0 Å². The average Bonchev–Trinajstić information content (AvgIpc) is 3.55. The Labute approximate surface area is 170 Å². The first kappa shape index (κ1) is 20.4. The molecule has 29 heavy (non-hydrogen) atoms. The molecule has 1 amide bonds. The minimum Gasteiger partial charge on any atom is -0.403 e. The summed E-state index contributed by atoms with van der Waals surface area (Å²) in [5.41, 5.74) is 19.7. The van der Waals surface area contributed by atoms with Crippen molar-refractivity contribution in [2.24, 2.45) is 21.5 Å². The third kappa shape index (κ3) is 5.34. The van der Waals surface area contributed by atoms with E-state index in [0.717, 1.165) is 32.2 Å². The molecule has 154 valence electrons. The van der Waals surface area contributed by atoms with Crippen LogP contribution in [0.2, 0.25) is 0 Å². The monoisotopic (exact) mass is 396 g/mol. The summed E-state index contributed by atoms with van der Waals surface area (Å²) in [7, 11) is 0. The molecule has 1 aromatic rings. The van der Waals surface area contributed by atoms with E-state index in [9.17, 15) is 4.79 Å². The molecule has 1 aromatic heterocycles. The number of anilines is 2. The summed E-state index contributed by atoms with van der Waals surface area (Å²) in [6.45, 7) is 4.86. The van der Waals surface area contributed by atoms with Gasteiger partial charge in [0.25, 0.3) is 0 Å². The Hall–Kier alpha value is -3.36. The Morgan fingerprint density at radius 3 is 2.86 bits per heavy atom. The fourth-order valence-electron chi connectivity index (χ4n) is 3.22. The fraction of sp³-hybridized carbons (Fsp3) is 0.400. The van der Waals surface area contributed by atoms with E-state index in [1.165, 1.54) is 12.3 Å². The van der Waals surface area contributed by atoms with Crippen molar-refractivity contribution in [3.63, 3.8) is 0 Å². The molecule has 1 saturated carbocycles. The first-order chi connectivity index (χ1) is 14.0. The van der Waals surface area contributed by atoms with E-state index in [0.29, 0.717) is 29.5 Å². The number of pyridine rings is 1. The summed E-state index contributed by atoms with van der Waals surface area (Å²) in [6.07, 6.45) is 9.93. The number of amidine groups is 1. The van der Waals surface area contributed by atoms with Crippen LogP contribution in [0.15, 0.2) is 46.8 Å². The van der Waals surface area contributed by atoms with Crippen molar-refractivity contribution in [2.75, 3.05) is 24.1 Å². The lowest BCUT2D eigenvalue weighted by molar-refractivity contribution is -0.127. The zero-order chi connectivity index (χ0) is 20.8. The van der Waals surface area contributed by atoms with Gasteiger partial charge in [-0.1, -0.05) is 6.58 Å². The highest BCUT2D eigenvalue weighted by Gasteiger charge is 2.24. The van der Waals surface area contributed by atoms with Crippen LogP contribution in [0, 0.1) is 0 Å². The van der Waals surface area contributed by atoms with Gasteiger partial charge in [0.15, 0.2) is 0 Å². The number of piperidine rings is 1. The molecule has 2 fully saturated rings. The second-order valence-corrected chi connectivity index (χ2v) is 7.19. The number of nitrogen functional groups attached to an aromatic ring is 1. The Kier molecular flexibility index (Phi) is 6.48. The largest absolute Gasteiger partial charge is 0.403 e. The number of carbonyl (C=O) groups is 1. The Morgan fingerprint density at radius 1 is 1.38 bits per heavy atom. The van der Waals surface area contributed by atoms with Gasteiger partial charge in [-0.3, -0.25) is 9.79 Å². The third-order valence-electron chi connectivity index (χ3n) is 4.89. The van der Waals surface area contributed by atoms with E-state index in [-0.39, 0.29) is 23.6 Å². The number of aromatic nitrogens is 1. The molecule has 1 saturated heterocycles. The molecule has 1 unspecified atom stereocenters. The number of nitrogens with two attached hydrogens (primary N) is 3. The van der Waals surface area contributed by atoms with E-state index in [2.05, 4.69) is 26.9 Å². The van der Waals surface area contributed by atoms with Crippen molar-refractivity contribution in [3.05, 3.63) is 42.4 Å². The second-order valence-electron chi connectivity index (χ2n) is 7.19. The van der Waals surface area contributed by atoms with Crippen LogP contribution in [-0.2, 0) is 4.79 Å². The molecular weight excluding hydrogens is 368 g/mol. The Morgan fingerprint density at radius 2 is 2.17 bits per heavy atom. The second kappa shape index (κ2) is 9.22. The fourth-order valence-corrected chi connectivity index (χ4v) is 3.22. The van der Waals surface area contributed by atoms with E-state index in [1.54, 1.807) is 23.4 Å². The smallest absolute Gasteiger partial charge is 0.246 e. The standard InChI is InChI=1S/C20H28N8O/c1-2-17(29)28-9-3-4-14(12-28)26-16-7-8-24-19(22)18(16)20(23)27-15(10-21)11-25-13-5-6-13/h2,7-8,10-11,13-14H,1,3-6,9,12,21H2,(H2,23,27)(H3,22,24,26). The minimum atomic E-state index is -0.0697. The van der Waals surface area contributed by atoms with Crippen LogP contribution in [0.5, 0.6) is 0 Å². The summed E-state index contributed by atoms with van der Waals surface area (Å²) in [5.74, 6) is 0.396. The Bertz CT molecular complexity index is 856. The van der Waals surface area contributed by atoms with E-state index < -0.39 is 0 Å². The summed E-state index contributed by atoms with van der Waals surface area (Å²) in [4.78, 5) is 26.6. The van der Waals surface area contributed by atoms with E-state index >= 15 is 0 Å². The molecule has 1 aliphatic carbocycles. The lowest BCUT2D eigenvalue weighted by Gasteiger charge is -2.33. The van der Waals surface area contributed by atoms with Gasteiger partial charge in [0.05, 0.1) is 23.0 Å². The maximum Gasteiger partial charge on any atom is 0.246 e. The maximum absolute atomic E-state index is 11.9. The number of amides is 1. The third-order valence-corrected chi connectivity index (χ3v) is 4.89. The molecular formula is C20H28N8O. The van der Waals surface area contributed by atoms with Gasteiger partial charge >= 0.3 is 0 Å². The molecule has 2 heterocycles. The zero-order valence-electron chi connectivity index (χ0n) is 16.4. The summed E-state index contributed by atoms with van der Waals surface area (Å²) in [5, 5.41) is 3.44. The summed E-state index contributed by atoms with van der Waals surface area (Å²) < 4.78 is 0. The van der Waals surface area contributed by atoms with Crippen LogP contribution in [0.1, 0.15) is 31.2 Å². The quantitative estimate of drug-likeness (QED) is 0.307. The van der Waals surface area contributed by atoms with Crippen LogP contribution < -0.4 is 22.5 Å². The molecule has 0 aromatic carbocycles. The van der Waals surface area contributed by atoms with Crippen molar-refractivity contribution in [1.82, 2.24) is 9.88 Å². The van der Waals surface area contributed by atoms with Crippen molar-refractivity contribution in [3.8, 4) is 0 Å². The molecule has 1 atom stereocenters. The molecule has 0 radical (unpaired) electrons. The van der Waals surface area contributed by atoms with E-state index in [4.69, 9.17) is 17.2 Å². The molecule has 7 N–H and O–H groups in total. The highest BCUT2D eigenvalue weighted by atomic mass is 16.2. The normalized spacial score (nSPS) is 20.7. The predicted molar refractivity (Wildman–Crippen MR) is 117 cm³/mol. The van der Waals surface area contributed by atoms with Gasteiger partial charge in [-0.25, -0.2) is 9.98 Å². The van der Waals surface area contributed by atoms with Gasteiger partial charge in [0.1, 0.15) is 11.7 Å². The first-order valence-corrected chi connectivity index (χ1v) is 9.73. The average molecular weight is 396 g/mol. The van der Waals surface area contributed by atoms with Crippen molar-refractivity contribution in [1.29, 1.82) is 0 Å². The van der Waals surface area contributed by atoms with Gasteiger partial charge < -0.3 is 27.4 Å². The summed E-state index contributed by atoms with van der Waals surface area (Å²) >= 11 is 0.